The van der Waals surface area contributed by atoms with Gasteiger partial charge in [-0.2, -0.15) is 0 Å². The monoisotopic (exact) mass is 282 g/mol. The summed E-state index contributed by atoms with van der Waals surface area (Å²) in [6.45, 7) is 3.69. The lowest BCUT2D eigenvalue weighted by atomic mass is 10.1. The first-order valence-corrected chi connectivity index (χ1v) is 6.73. The molecule has 0 spiro atoms. The molecule has 0 aliphatic rings. The number of nitrogens with one attached hydrogen (secondary N) is 1. The van der Waals surface area contributed by atoms with E-state index in [0.29, 0.717) is 17.8 Å². The largest absolute Gasteiger partial charge is 0.411 e. The van der Waals surface area contributed by atoms with Crippen LogP contribution in [0.25, 0.3) is 0 Å². The van der Waals surface area contributed by atoms with Gasteiger partial charge < -0.3 is 10.5 Å². The van der Waals surface area contributed by atoms with Gasteiger partial charge >= 0.3 is 0 Å². The van der Waals surface area contributed by atoms with Crippen molar-refractivity contribution in [3.05, 3.63) is 65.2 Å². The zero-order chi connectivity index (χ0) is 15.2. The van der Waals surface area contributed by atoms with Gasteiger partial charge in [-0.05, 0) is 37.1 Å². The van der Waals surface area contributed by atoms with Crippen LogP contribution >= 0.6 is 0 Å². The van der Waals surface area contributed by atoms with E-state index in [-0.39, 0.29) is 5.91 Å². The summed E-state index contributed by atoms with van der Waals surface area (Å²) in [4.78, 5) is 12.1. The predicted octanol–water partition coefficient (Wildman–Crippen LogP) is 3.37. The Labute approximate surface area is 124 Å². The van der Waals surface area contributed by atoms with Crippen LogP contribution in [0, 0.1) is 6.92 Å². The summed E-state index contributed by atoms with van der Waals surface area (Å²) in [5.74, 6) is -0.0694. The number of anilines is 1. The van der Waals surface area contributed by atoms with Crippen molar-refractivity contribution in [1.29, 1.82) is 0 Å². The van der Waals surface area contributed by atoms with Gasteiger partial charge in [0, 0.05) is 11.3 Å². The maximum atomic E-state index is 12.1. The van der Waals surface area contributed by atoms with Crippen LogP contribution in [0.3, 0.4) is 0 Å². The van der Waals surface area contributed by atoms with E-state index in [0.717, 1.165) is 16.7 Å². The highest BCUT2D eigenvalue weighted by atomic mass is 16.4. The van der Waals surface area contributed by atoms with Crippen molar-refractivity contribution in [3.63, 3.8) is 0 Å². The lowest BCUT2D eigenvalue weighted by Gasteiger charge is -2.08. The fourth-order valence-electron chi connectivity index (χ4n) is 2.07. The Morgan fingerprint density at radius 3 is 2.67 bits per heavy atom. The Morgan fingerprint density at radius 1 is 1.19 bits per heavy atom. The van der Waals surface area contributed by atoms with Gasteiger partial charge in [0.15, 0.2) is 0 Å². The smallest absolute Gasteiger partial charge is 0.228 e. The Bertz CT molecular complexity index is 678. The van der Waals surface area contributed by atoms with Gasteiger partial charge in [-0.3, -0.25) is 4.79 Å². The minimum Gasteiger partial charge on any atom is -0.411 e. The van der Waals surface area contributed by atoms with Crippen molar-refractivity contribution in [3.8, 4) is 0 Å². The van der Waals surface area contributed by atoms with Crippen molar-refractivity contribution in [2.24, 2.45) is 5.16 Å². The van der Waals surface area contributed by atoms with Gasteiger partial charge in [0.1, 0.15) is 0 Å². The first kappa shape index (κ1) is 14.8. The molecule has 0 saturated heterocycles. The molecular formula is C17H18N2O2. The highest BCUT2D eigenvalue weighted by Crippen LogP contribution is 2.13. The molecule has 2 aromatic rings. The molecule has 0 bridgehead atoms. The molecule has 108 valence electrons. The maximum absolute atomic E-state index is 12.1. The van der Waals surface area contributed by atoms with Gasteiger partial charge in [0.05, 0.1) is 12.1 Å². The number of carbonyl (C=O) groups is 1. The van der Waals surface area contributed by atoms with Crippen molar-refractivity contribution in [2.45, 2.75) is 20.3 Å². The second-order valence-electron chi connectivity index (χ2n) is 4.92. The number of hydrogen-bond donors (Lipinski definition) is 2. The third-order valence-electron chi connectivity index (χ3n) is 3.33. The molecular weight excluding hydrogens is 264 g/mol. The van der Waals surface area contributed by atoms with Gasteiger partial charge in [0.25, 0.3) is 0 Å². The van der Waals surface area contributed by atoms with Crippen LogP contribution in [-0.4, -0.2) is 16.8 Å². The Kier molecular flexibility index (Phi) is 4.72. The van der Waals surface area contributed by atoms with Crippen molar-refractivity contribution >= 4 is 17.3 Å². The average molecular weight is 282 g/mol. The third kappa shape index (κ3) is 3.92. The summed E-state index contributed by atoms with van der Waals surface area (Å²) >= 11 is 0. The van der Waals surface area contributed by atoms with Crippen LogP contribution in [0.2, 0.25) is 0 Å². The third-order valence-corrected chi connectivity index (χ3v) is 3.33. The van der Waals surface area contributed by atoms with Gasteiger partial charge in [0.2, 0.25) is 5.91 Å². The first-order valence-electron chi connectivity index (χ1n) is 6.73. The molecule has 0 aliphatic carbocycles. The van der Waals surface area contributed by atoms with E-state index in [4.69, 9.17) is 5.21 Å². The van der Waals surface area contributed by atoms with E-state index < -0.39 is 0 Å². The molecule has 0 aromatic heterocycles. The first-order chi connectivity index (χ1) is 10.1. The molecule has 0 aliphatic heterocycles. The number of nitrogens with zero attached hydrogens (tertiary/aromatic N) is 1. The number of carbonyl (C=O) groups excluding carboxylic acids is 1. The number of aryl methyl sites for hydroxylation is 1. The molecule has 4 nitrogen and oxygen atoms in total. The van der Waals surface area contributed by atoms with E-state index >= 15 is 0 Å². The van der Waals surface area contributed by atoms with Crippen molar-refractivity contribution in [2.75, 3.05) is 5.32 Å². The fourth-order valence-corrected chi connectivity index (χ4v) is 2.07. The van der Waals surface area contributed by atoms with Crippen molar-refractivity contribution < 1.29 is 10.0 Å². The van der Waals surface area contributed by atoms with Crippen LogP contribution in [0.15, 0.2) is 53.7 Å². The Hall–Kier alpha value is -2.62. The highest BCUT2D eigenvalue weighted by molar-refractivity contribution is 6.00. The SMILES string of the molecule is C/C(=N\O)c1cccc(NC(=O)Cc2ccccc2C)c1. The second-order valence-corrected chi connectivity index (χ2v) is 4.92. The quantitative estimate of drug-likeness (QED) is 0.513. The summed E-state index contributed by atoms with van der Waals surface area (Å²) in [6, 6.07) is 15.1. The molecule has 2 aromatic carbocycles. The molecule has 0 atom stereocenters. The molecule has 0 unspecified atom stereocenters. The van der Waals surface area contributed by atoms with Crippen LogP contribution < -0.4 is 5.32 Å². The van der Waals surface area contributed by atoms with Gasteiger partial charge in [-0.25, -0.2) is 0 Å². The zero-order valence-electron chi connectivity index (χ0n) is 12.1. The van der Waals surface area contributed by atoms with E-state index in [1.165, 1.54) is 0 Å². The Morgan fingerprint density at radius 2 is 1.95 bits per heavy atom. The summed E-state index contributed by atoms with van der Waals surface area (Å²) < 4.78 is 0. The van der Waals surface area contributed by atoms with Gasteiger partial charge in [-0.1, -0.05) is 41.6 Å². The minimum absolute atomic E-state index is 0.0694. The molecule has 2 rings (SSSR count). The maximum Gasteiger partial charge on any atom is 0.228 e. The number of oxime groups is 1. The van der Waals surface area contributed by atoms with E-state index in [1.54, 1.807) is 13.0 Å². The van der Waals surface area contributed by atoms with Crippen LogP contribution in [0.1, 0.15) is 23.6 Å². The fraction of sp³-hybridized carbons (Fsp3) is 0.176. The minimum atomic E-state index is -0.0694. The number of amides is 1. The molecule has 2 N–H and O–H groups in total. The Balaban J connectivity index is 2.08. The van der Waals surface area contributed by atoms with Crippen LogP contribution in [0.5, 0.6) is 0 Å². The molecule has 21 heavy (non-hydrogen) atoms. The highest BCUT2D eigenvalue weighted by Gasteiger charge is 2.07. The molecule has 0 radical (unpaired) electrons. The van der Waals surface area contributed by atoms with E-state index in [2.05, 4.69) is 10.5 Å². The number of hydrogen-bond acceptors (Lipinski definition) is 3. The van der Waals surface area contributed by atoms with Crippen LogP contribution in [0.4, 0.5) is 5.69 Å². The molecule has 4 heteroatoms. The normalized spacial score (nSPS) is 11.2. The standard InChI is InChI=1S/C17H18N2O2/c1-12-6-3-4-7-14(12)11-17(20)18-16-9-5-8-15(10-16)13(2)19-21/h3-10,21H,11H2,1-2H3,(H,18,20)/b19-13+. The topological polar surface area (TPSA) is 61.7 Å². The zero-order valence-corrected chi connectivity index (χ0v) is 12.1. The van der Waals surface area contributed by atoms with E-state index in [1.807, 2.05) is 49.4 Å². The molecule has 0 fully saturated rings. The van der Waals surface area contributed by atoms with Gasteiger partial charge in [-0.15, -0.1) is 0 Å². The number of benzene rings is 2. The molecule has 0 heterocycles. The second kappa shape index (κ2) is 6.70. The van der Waals surface area contributed by atoms with Crippen molar-refractivity contribution in [1.82, 2.24) is 0 Å². The van der Waals surface area contributed by atoms with Crippen LogP contribution in [-0.2, 0) is 11.2 Å². The summed E-state index contributed by atoms with van der Waals surface area (Å²) in [5, 5.41) is 14.8. The molecule has 1 amide bonds. The summed E-state index contributed by atoms with van der Waals surface area (Å²) in [7, 11) is 0. The lowest BCUT2D eigenvalue weighted by Crippen LogP contribution is -2.15. The van der Waals surface area contributed by atoms with E-state index in [9.17, 15) is 4.79 Å². The molecule has 0 saturated carbocycles. The lowest BCUT2D eigenvalue weighted by molar-refractivity contribution is -0.115. The predicted molar refractivity (Wildman–Crippen MR) is 84.0 cm³/mol. The number of rotatable bonds is 4. The summed E-state index contributed by atoms with van der Waals surface area (Å²) in [5.41, 5.74) is 4.08. The summed E-state index contributed by atoms with van der Waals surface area (Å²) in [6.07, 6.45) is 0.337. The average Bonchev–Trinajstić information content (AvgIpc) is 2.49.